The predicted octanol–water partition coefficient (Wildman–Crippen LogP) is 8.10. The molecule has 0 unspecified atom stereocenters. The minimum atomic E-state index is -1.04. The first-order valence-corrected chi connectivity index (χ1v) is 10.4. The summed E-state index contributed by atoms with van der Waals surface area (Å²) in [5.74, 6) is -2.30. The number of aryl methyl sites for hydroxylation is 1. The average molecular weight is 413 g/mol. The molecular weight excluding hydrogens is 388 g/mol. The second kappa shape index (κ2) is 9.30. The van der Waals surface area contributed by atoms with E-state index in [9.17, 15) is 17.6 Å². The summed E-state index contributed by atoms with van der Waals surface area (Å²) in [7, 11) is 0. The molecule has 0 heterocycles. The lowest BCUT2D eigenvalue weighted by Gasteiger charge is -2.28. The maximum atomic E-state index is 14.5. The van der Waals surface area contributed by atoms with E-state index in [1.807, 2.05) is 0 Å². The second-order valence-corrected chi connectivity index (χ2v) is 8.28. The largest absolute Gasteiger partial charge is 0.206 e. The van der Waals surface area contributed by atoms with Crippen LogP contribution < -0.4 is 0 Å². The maximum Gasteiger partial charge on any atom is 0.145 e. The van der Waals surface area contributed by atoms with E-state index >= 15 is 0 Å². The number of rotatable bonds is 6. The van der Waals surface area contributed by atoms with Crippen LogP contribution in [0.2, 0.25) is 5.02 Å². The van der Waals surface area contributed by atoms with E-state index in [0.29, 0.717) is 17.9 Å². The molecule has 2 aromatic rings. The Morgan fingerprint density at radius 1 is 0.786 bits per heavy atom. The third kappa shape index (κ3) is 4.89. The summed E-state index contributed by atoms with van der Waals surface area (Å²) in [6.45, 7) is 2.21. The van der Waals surface area contributed by atoms with Gasteiger partial charge in [-0.05, 0) is 60.1 Å². The summed E-state index contributed by atoms with van der Waals surface area (Å²) in [6, 6.07) is 4.24. The van der Waals surface area contributed by atoms with Crippen molar-refractivity contribution in [3.63, 3.8) is 0 Å². The molecule has 0 spiro atoms. The van der Waals surface area contributed by atoms with Gasteiger partial charge in [0.25, 0.3) is 0 Å². The molecule has 5 heteroatoms. The first kappa shape index (κ1) is 21.2. The van der Waals surface area contributed by atoms with E-state index in [4.69, 9.17) is 11.6 Å². The van der Waals surface area contributed by atoms with Crippen LogP contribution in [0.15, 0.2) is 24.3 Å². The van der Waals surface area contributed by atoms with Crippen molar-refractivity contribution in [2.24, 2.45) is 11.8 Å². The third-order valence-corrected chi connectivity index (χ3v) is 6.24. The van der Waals surface area contributed by atoms with Gasteiger partial charge in [-0.2, -0.15) is 0 Å². The molecule has 1 saturated carbocycles. The molecule has 28 heavy (non-hydrogen) atoms. The van der Waals surface area contributed by atoms with Gasteiger partial charge in [-0.3, -0.25) is 0 Å². The molecule has 3 rings (SSSR count). The topological polar surface area (TPSA) is 0 Å². The molecule has 0 atom stereocenters. The highest BCUT2D eigenvalue weighted by atomic mass is 35.5. The predicted molar refractivity (Wildman–Crippen MR) is 105 cm³/mol. The van der Waals surface area contributed by atoms with Crippen LogP contribution in [0.4, 0.5) is 17.6 Å². The molecular formula is C23H25ClF4. The number of benzene rings is 2. The Hall–Kier alpha value is -1.55. The van der Waals surface area contributed by atoms with E-state index in [1.165, 1.54) is 50.7 Å². The average Bonchev–Trinajstić information content (AvgIpc) is 2.65. The summed E-state index contributed by atoms with van der Waals surface area (Å²) in [4.78, 5) is 0. The lowest BCUT2D eigenvalue weighted by Crippen LogP contribution is -2.15. The van der Waals surface area contributed by atoms with Crippen molar-refractivity contribution in [1.29, 1.82) is 0 Å². The highest BCUT2D eigenvalue weighted by Crippen LogP contribution is 2.35. The third-order valence-electron chi connectivity index (χ3n) is 5.88. The Morgan fingerprint density at radius 2 is 1.29 bits per heavy atom. The molecule has 0 nitrogen and oxygen atoms in total. The Labute approximate surface area is 168 Å². The summed E-state index contributed by atoms with van der Waals surface area (Å²) in [6.07, 6.45) is 8.86. The zero-order valence-electron chi connectivity index (χ0n) is 16.0. The van der Waals surface area contributed by atoms with Gasteiger partial charge in [0.1, 0.15) is 28.3 Å². The highest BCUT2D eigenvalue weighted by molar-refractivity contribution is 6.31. The van der Waals surface area contributed by atoms with Crippen molar-refractivity contribution in [1.82, 2.24) is 0 Å². The summed E-state index contributed by atoms with van der Waals surface area (Å²) < 4.78 is 56.4. The van der Waals surface area contributed by atoms with Crippen LogP contribution in [-0.2, 0) is 6.42 Å². The molecule has 1 aliphatic carbocycles. The van der Waals surface area contributed by atoms with Crippen molar-refractivity contribution in [2.45, 2.75) is 58.3 Å². The number of halogens is 5. The Balaban J connectivity index is 1.69. The monoisotopic (exact) mass is 412 g/mol. The first-order chi connectivity index (χ1) is 13.4. The molecule has 0 aromatic heterocycles. The molecule has 0 amide bonds. The van der Waals surface area contributed by atoms with E-state index in [-0.39, 0.29) is 5.56 Å². The van der Waals surface area contributed by atoms with Crippen molar-refractivity contribution >= 4 is 11.6 Å². The number of hydrogen-bond acceptors (Lipinski definition) is 0. The van der Waals surface area contributed by atoms with E-state index in [0.717, 1.165) is 24.5 Å². The molecule has 1 aliphatic rings. The first-order valence-electron chi connectivity index (χ1n) is 10.0. The van der Waals surface area contributed by atoms with Gasteiger partial charge in [0.15, 0.2) is 0 Å². The SMILES string of the molecule is CCC[C@H]1CC[C@H](CCc2cc(F)c(-c3cc(F)c(Cl)c(F)c3)c(F)c2)CC1. The lowest BCUT2D eigenvalue weighted by atomic mass is 9.78. The quantitative estimate of drug-likeness (QED) is 0.332. The van der Waals surface area contributed by atoms with Crippen LogP contribution >= 0.6 is 11.6 Å². The molecule has 0 N–H and O–H groups in total. The van der Waals surface area contributed by atoms with Gasteiger partial charge >= 0.3 is 0 Å². The van der Waals surface area contributed by atoms with Crippen LogP contribution in [0, 0.1) is 35.1 Å². The van der Waals surface area contributed by atoms with Crippen molar-refractivity contribution in [3.05, 3.63) is 58.1 Å². The minimum Gasteiger partial charge on any atom is -0.206 e. The van der Waals surface area contributed by atoms with Gasteiger partial charge in [-0.15, -0.1) is 0 Å². The zero-order valence-corrected chi connectivity index (χ0v) is 16.8. The van der Waals surface area contributed by atoms with Gasteiger partial charge < -0.3 is 0 Å². The fraction of sp³-hybridized carbons (Fsp3) is 0.478. The van der Waals surface area contributed by atoms with Gasteiger partial charge in [0.2, 0.25) is 0 Å². The summed E-state index contributed by atoms with van der Waals surface area (Å²) in [5, 5.41) is -0.685. The van der Waals surface area contributed by atoms with Crippen LogP contribution in [0.5, 0.6) is 0 Å². The van der Waals surface area contributed by atoms with Gasteiger partial charge in [0, 0.05) is 0 Å². The lowest BCUT2D eigenvalue weighted by molar-refractivity contribution is 0.252. The molecule has 0 bridgehead atoms. The van der Waals surface area contributed by atoms with E-state index < -0.39 is 33.9 Å². The molecule has 1 fully saturated rings. The van der Waals surface area contributed by atoms with E-state index in [1.54, 1.807) is 0 Å². The standard InChI is InChI=1S/C23H25ClF4/c1-2-3-14-4-6-15(7-5-14)8-9-16-10-18(25)22(19(26)11-16)17-12-20(27)23(24)21(28)13-17/h10-15H,2-9H2,1H3/t14-,15-. The van der Waals surface area contributed by atoms with E-state index in [2.05, 4.69) is 6.92 Å². The fourth-order valence-corrected chi connectivity index (χ4v) is 4.44. The smallest absolute Gasteiger partial charge is 0.145 e. The molecule has 0 saturated heterocycles. The maximum absolute atomic E-state index is 14.5. The van der Waals surface area contributed by atoms with Crippen molar-refractivity contribution in [3.8, 4) is 11.1 Å². The van der Waals surface area contributed by atoms with Gasteiger partial charge in [0.05, 0.1) is 5.56 Å². The Kier molecular flexibility index (Phi) is 7.03. The van der Waals surface area contributed by atoms with Crippen molar-refractivity contribution in [2.75, 3.05) is 0 Å². The minimum absolute atomic E-state index is 0.199. The van der Waals surface area contributed by atoms with Crippen molar-refractivity contribution < 1.29 is 17.6 Å². The summed E-state index contributed by atoms with van der Waals surface area (Å²) >= 11 is 5.45. The van der Waals surface area contributed by atoms with Gasteiger partial charge in [-0.1, -0.05) is 57.0 Å². The number of hydrogen-bond donors (Lipinski definition) is 0. The Bertz CT molecular complexity index is 779. The molecule has 152 valence electrons. The second-order valence-electron chi connectivity index (χ2n) is 7.90. The van der Waals surface area contributed by atoms with Crippen LogP contribution in [0.1, 0.15) is 57.4 Å². The van der Waals surface area contributed by atoms with Crippen LogP contribution in [-0.4, -0.2) is 0 Å². The zero-order chi connectivity index (χ0) is 20.3. The fourth-order valence-electron chi connectivity index (χ4n) is 4.33. The molecule has 2 aromatic carbocycles. The molecule has 0 aliphatic heterocycles. The Morgan fingerprint density at radius 3 is 1.79 bits per heavy atom. The highest BCUT2D eigenvalue weighted by Gasteiger charge is 2.21. The normalized spacial score (nSPS) is 19.8. The van der Waals surface area contributed by atoms with Crippen LogP contribution in [0.3, 0.4) is 0 Å². The summed E-state index contributed by atoms with van der Waals surface area (Å²) in [5.41, 5.74) is -0.0576. The molecule has 0 radical (unpaired) electrons. The van der Waals surface area contributed by atoms with Crippen LogP contribution in [0.25, 0.3) is 11.1 Å². The van der Waals surface area contributed by atoms with Gasteiger partial charge in [-0.25, -0.2) is 17.6 Å².